The molecule has 0 radical (unpaired) electrons. The fraction of sp³-hybridized carbons (Fsp3) is 0.250. The van der Waals surface area contributed by atoms with Gasteiger partial charge >= 0.3 is 5.97 Å². The SMILES string of the molecule is NC(N)=Nc1ccc(N(C=O)CC(N)C(=O)NC(CC(=O)O)C(=O)NCc2cccs2)cc1. The molecule has 176 valence electrons. The average Bonchev–Trinajstić information content (AvgIpc) is 3.28. The Morgan fingerprint density at radius 2 is 1.85 bits per heavy atom. The number of nitrogens with two attached hydrogens (primary N) is 3. The summed E-state index contributed by atoms with van der Waals surface area (Å²) in [6.45, 7) is -0.0170. The first kappa shape index (κ1) is 25.3. The van der Waals surface area contributed by atoms with Crippen LogP contribution in [0.2, 0.25) is 0 Å². The van der Waals surface area contributed by atoms with Crippen LogP contribution < -0.4 is 32.7 Å². The normalized spacial score (nSPS) is 12.2. The highest BCUT2D eigenvalue weighted by Crippen LogP contribution is 2.19. The molecule has 2 aromatic rings. The van der Waals surface area contributed by atoms with E-state index in [0.29, 0.717) is 17.8 Å². The third kappa shape index (κ3) is 8.23. The zero-order valence-corrected chi connectivity index (χ0v) is 18.3. The number of carbonyl (C=O) groups is 4. The summed E-state index contributed by atoms with van der Waals surface area (Å²) in [5, 5.41) is 15.9. The second-order valence-electron chi connectivity index (χ2n) is 6.87. The number of carboxylic acids is 1. The van der Waals surface area contributed by atoms with Gasteiger partial charge in [0.05, 0.1) is 18.7 Å². The number of carbonyl (C=O) groups excluding carboxylic acids is 3. The van der Waals surface area contributed by atoms with Gasteiger partial charge in [0, 0.05) is 17.1 Å². The zero-order valence-electron chi connectivity index (χ0n) is 17.5. The number of rotatable bonds is 12. The lowest BCUT2D eigenvalue weighted by Crippen LogP contribution is -2.54. The maximum absolute atomic E-state index is 12.5. The summed E-state index contributed by atoms with van der Waals surface area (Å²) in [6, 6.07) is 7.32. The molecule has 3 amide bonds. The van der Waals surface area contributed by atoms with E-state index in [-0.39, 0.29) is 19.0 Å². The minimum Gasteiger partial charge on any atom is -0.481 e. The number of guanidine groups is 1. The quantitative estimate of drug-likeness (QED) is 0.130. The number of hydrogen-bond donors (Lipinski definition) is 6. The summed E-state index contributed by atoms with van der Waals surface area (Å²) in [7, 11) is 0. The number of thiophene rings is 1. The molecule has 0 saturated heterocycles. The Kier molecular flexibility index (Phi) is 9.32. The molecule has 0 aliphatic rings. The minimum absolute atomic E-state index is 0.121. The molecule has 0 spiro atoms. The molecule has 0 aliphatic carbocycles. The number of nitrogens with one attached hydrogen (secondary N) is 2. The predicted octanol–water partition coefficient (Wildman–Crippen LogP) is -0.781. The fourth-order valence-corrected chi connectivity index (χ4v) is 3.39. The van der Waals surface area contributed by atoms with Gasteiger partial charge in [0.15, 0.2) is 5.96 Å². The van der Waals surface area contributed by atoms with Crippen LogP contribution in [-0.4, -0.2) is 53.9 Å². The van der Waals surface area contributed by atoms with Gasteiger partial charge in [-0.15, -0.1) is 11.3 Å². The lowest BCUT2D eigenvalue weighted by molar-refractivity contribution is -0.140. The fourth-order valence-electron chi connectivity index (χ4n) is 2.75. The van der Waals surface area contributed by atoms with Gasteiger partial charge in [-0.1, -0.05) is 6.07 Å². The van der Waals surface area contributed by atoms with Gasteiger partial charge in [-0.3, -0.25) is 19.2 Å². The van der Waals surface area contributed by atoms with E-state index in [2.05, 4.69) is 15.6 Å². The van der Waals surface area contributed by atoms with Gasteiger partial charge in [0.1, 0.15) is 12.1 Å². The molecule has 13 heteroatoms. The summed E-state index contributed by atoms with van der Waals surface area (Å²) < 4.78 is 0. The van der Waals surface area contributed by atoms with Crippen molar-refractivity contribution >= 4 is 52.9 Å². The highest BCUT2D eigenvalue weighted by Gasteiger charge is 2.27. The Hall–Kier alpha value is -3.97. The molecular formula is C20H25N7O5S. The van der Waals surface area contributed by atoms with E-state index in [9.17, 15) is 19.2 Å². The molecular weight excluding hydrogens is 450 g/mol. The third-order valence-electron chi connectivity index (χ3n) is 4.33. The molecule has 2 rings (SSSR count). The Morgan fingerprint density at radius 3 is 2.39 bits per heavy atom. The highest BCUT2D eigenvalue weighted by atomic mass is 32.1. The predicted molar refractivity (Wildman–Crippen MR) is 124 cm³/mol. The van der Waals surface area contributed by atoms with E-state index in [1.54, 1.807) is 24.3 Å². The maximum Gasteiger partial charge on any atom is 0.305 e. The Morgan fingerprint density at radius 1 is 1.15 bits per heavy atom. The molecule has 1 heterocycles. The summed E-state index contributed by atoms with van der Waals surface area (Å²) in [5.41, 5.74) is 17.4. The summed E-state index contributed by atoms with van der Waals surface area (Å²) in [5.74, 6) is -2.83. The minimum atomic E-state index is -1.33. The first-order valence-electron chi connectivity index (χ1n) is 9.69. The second-order valence-corrected chi connectivity index (χ2v) is 7.91. The molecule has 1 aromatic heterocycles. The van der Waals surface area contributed by atoms with Crippen molar-refractivity contribution in [1.29, 1.82) is 0 Å². The largest absolute Gasteiger partial charge is 0.481 e. The molecule has 33 heavy (non-hydrogen) atoms. The molecule has 0 aliphatic heterocycles. The van der Waals surface area contributed by atoms with Gasteiger partial charge < -0.3 is 37.8 Å². The molecule has 12 nitrogen and oxygen atoms in total. The van der Waals surface area contributed by atoms with Crippen molar-refractivity contribution in [1.82, 2.24) is 10.6 Å². The summed E-state index contributed by atoms with van der Waals surface area (Å²) in [4.78, 5) is 53.6. The Balaban J connectivity index is 2.00. The highest BCUT2D eigenvalue weighted by molar-refractivity contribution is 7.09. The zero-order chi connectivity index (χ0) is 24.4. The van der Waals surface area contributed by atoms with Crippen LogP contribution in [-0.2, 0) is 25.7 Å². The Bertz CT molecular complexity index is 991. The van der Waals surface area contributed by atoms with Crippen LogP contribution in [0.25, 0.3) is 0 Å². The molecule has 1 aromatic carbocycles. The Labute approximate surface area is 193 Å². The molecule has 9 N–H and O–H groups in total. The van der Waals surface area contributed by atoms with Crippen LogP contribution in [0.5, 0.6) is 0 Å². The van der Waals surface area contributed by atoms with E-state index in [1.165, 1.54) is 16.2 Å². The smallest absolute Gasteiger partial charge is 0.305 e. The van der Waals surface area contributed by atoms with E-state index in [4.69, 9.17) is 22.3 Å². The van der Waals surface area contributed by atoms with Gasteiger partial charge in [-0.05, 0) is 35.7 Å². The second kappa shape index (κ2) is 12.2. The van der Waals surface area contributed by atoms with Gasteiger partial charge in [0.2, 0.25) is 18.2 Å². The molecule has 2 unspecified atom stereocenters. The molecule has 2 atom stereocenters. The van der Waals surface area contributed by atoms with Crippen LogP contribution in [0.3, 0.4) is 0 Å². The van der Waals surface area contributed by atoms with Crippen LogP contribution in [0.4, 0.5) is 11.4 Å². The number of benzene rings is 1. The standard InChI is InChI=1S/C20H25N7O5S/c21-15(10-27(11-28)13-5-3-12(4-6-13)25-20(22)23)18(31)26-16(8-17(29)30)19(32)24-9-14-2-1-7-33-14/h1-7,11,15-16H,8-10,21H2,(H,24,32)(H,26,31)(H,29,30)(H4,22,23,25). The topological polar surface area (TPSA) is 206 Å². The summed E-state index contributed by atoms with van der Waals surface area (Å²) >= 11 is 1.42. The first-order valence-corrected chi connectivity index (χ1v) is 10.6. The van der Waals surface area contributed by atoms with Crippen molar-refractivity contribution in [3.8, 4) is 0 Å². The molecule has 0 bridgehead atoms. The first-order chi connectivity index (χ1) is 15.7. The van der Waals surface area contributed by atoms with Crippen molar-refractivity contribution in [3.63, 3.8) is 0 Å². The van der Waals surface area contributed by atoms with Crippen LogP contribution >= 0.6 is 11.3 Å². The third-order valence-corrected chi connectivity index (χ3v) is 5.20. The number of aliphatic imine (C=N–C) groups is 1. The van der Waals surface area contributed by atoms with E-state index >= 15 is 0 Å². The van der Waals surface area contributed by atoms with E-state index in [1.807, 2.05) is 17.5 Å². The van der Waals surface area contributed by atoms with Crippen LogP contribution in [0.1, 0.15) is 11.3 Å². The van der Waals surface area contributed by atoms with Gasteiger partial charge in [-0.2, -0.15) is 0 Å². The van der Waals surface area contributed by atoms with Gasteiger partial charge in [-0.25, -0.2) is 4.99 Å². The van der Waals surface area contributed by atoms with E-state index < -0.39 is 36.3 Å². The van der Waals surface area contributed by atoms with Crippen molar-refractivity contribution in [2.75, 3.05) is 11.4 Å². The summed E-state index contributed by atoms with van der Waals surface area (Å²) in [6.07, 6.45) is -0.135. The van der Waals surface area contributed by atoms with Crippen molar-refractivity contribution in [2.45, 2.75) is 25.0 Å². The van der Waals surface area contributed by atoms with Crippen molar-refractivity contribution in [3.05, 3.63) is 46.7 Å². The lowest BCUT2D eigenvalue weighted by Gasteiger charge is -2.23. The van der Waals surface area contributed by atoms with Gasteiger partial charge in [0.25, 0.3) is 0 Å². The number of carboxylic acid groups (broad SMARTS) is 1. The molecule has 0 fully saturated rings. The average molecular weight is 476 g/mol. The number of amides is 3. The number of nitrogens with zero attached hydrogens (tertiary/aromatic N) is 2. The van der Waals surface area contributed by atoms with Crippen molar-refractivity contribution < 1.29 is 24.3 Å². The van der Waals surface area contributed by atoms with Crippen LogP contribution in [0, 0.1) is 0 Å². The van der Waals surface area contributed by atoms with Crippen molar-refractivity contribution in [2.24, 2.45) is 22.2 Å². The molecule has 0 saturated carbocycles. The number of aliphatic carboxylic acids is 1. The van der Waals surface area contributed by atoms with E-state index in [0.717, 1.165) is 4.88 Å². The van der Waals surface area contributed by atoms with Crippen LogP contribution in [0.15, 0.2) is 46.8 Å². The number of anilines is 1. The monoisotopic (exact) mass is 475 g/mol. The number of hydrogen-bond acceptors (Lipinski definition) is 7. The maximum atomic E-state index is 12.5. The lowest BCUT2D eigenvalue weighted by atomic mass is 10.1.